The van der Waals surface area contributed by atoms with E-state index in [2.05, 4.69) is 15.6 Å². The number of aryl methyl sites for hydroxylation is 1. The molecule has 8 nitrogen and oxygen atoms in total. The molecular formula is C21H23FN4O4. The predicted octanol–water partition coefficient (Wildman–Crippen LogP) is 1.93. The third-order valence-corrected chi connectivity index (χ3v) is 5.20. The van der Waals surface area contributed by atoms with Crippen molar-refractivity contribution in [3.8, 4) is 5.75 Å². The van der Waals surface area contributed by atoms with Gasteiger partial charge in [0.05, 0.1) is 19.3 Å². The second-order valence-electron chi connectivity index (χ2n) is 7.28. The fourth-order valence-electron chi connectivity index (χ4n) is 3.45. The third kappa shape index (κ3) is 3.83. The van der Waals surface area contributed by atoms with Gasteiger partial charge >= 0.3 is 6.03 Å². The van der Waals surface area contributed by atoms with Crippen LogP contribution in [-0.4, -0.2) is 41.4 Å². The summed E-state index contributed by atoms with van der Waals surface area (Å²) in [7, 11) is 1.56. The number of amides is 4. The van der Waals surface area contributed by atoms with Crippen LogP contribution < -0.4 is 15.4 Å². The molecule has 1 fully saturated rings. The van der Waals surface area contributed by atoms with Gasteiger partial charge in [-0.2, -0.15) is 0 Å². The Balaban J connectivity index is 1.68. The molecule has 30 heavy (non-hydrogen) atoms. The molecule has 2 N–H and O–H groups in total. The van der Waals surface area contributed by atoms with Gasteiger partial charge in [0, 0.05) is 17.3 Å². The zero-order valence-electron chi connectivity index (χ0n) is 17.2. The SMILES string of the molecule is COc1c(C)cnc(CNC(=O)CN2C(=O)NC(C)(c3ccc(F)cc3)C2=O)c1C. The molecule has 0 aliphatic carbocycles. The van der Waals surface area contributed by atoms with E-state index in [9.17, 15) is 18.8 Å². The van der Waals surface area contributed by atoms with Crippen LogP contribution in [-0.2, 0) is 21.7 Å². The smallest absolute Gasteiger partial charge is 0.325 e. The molecule has 2 heterocycles. The first kappa shape index (κ1) is 21.2. The number of carbonyl (C=O) groups is 3. The number of halogens is 1. The molecule has 0 bridgehead atoms. The molecule has 3 rings (SSSR count). The highest BCUT2D eigenvalue weighted by atomic mass is 19.1. The van der Waals surface area contributed by atoms with Crippen molar-refractivity contribution in [2.45, 2.75) is 32.9 Å². The molecule has 4 amide bonds. The summed E-state index contributed by atoms with van der Waals surface area (Å²) in [5.74, 6) is -0.853. The van der Waals surface area contributed by atoms with Gasteiger partial charge in [0.15, 0.2) is 0 Å². The second kappa shape index (κ2) is 8.10. The van der Waals surface area contributed by atoms with Gasteiger partial charge in [-0.15, -0.1) is 0 Å². The maximum absolute atomic E-state index is 13.2. The molecule has 0 radical (unpaired) electrons. The molecule has 1 aliphatic rings. The van der Waals surface area contributed by atoms with Crippen molar-refractivity contribution in [1.29, 1.82) is 0 Å². The zero-order valence-corrected chi connectivity index (χ0v) is 17.2. The van der Waals surface area contributed by atoms with E-state index in [4.69, 9.17) is 4.74 Å². The predicted molar refractivity (Wildman–Crippen MR) is 106 cm³/mol. The minimum absolute atomic E-state index is 0.125. The summed E-state index contributed by atoms with van der Waals surface area (Å²) < 4.78 is 18.5. The maximum Gasteiger partial charge on any atom is 0.325 e. The van der Waals surface area contributed by atoms with E-state index in [0.29, 0.717) is 17.0 Å². The average molecular weight is 414 g/mol. The monoisotopic (exact) mass is 414 g/mol. The Hall–Kier alpha value is -3.49. The first-order valence-corrected chi connectivity index (χ1v) is 9.33. The summed E-state index contributed by atoms with van der Waals surface area (Å²) in [6.45, 7) is 4.91. The van der Waals surface area contributed by atoms with Gasteiger partial charge in [-0.1, -0.05) is 12.1 Å². The average Bonchev–Trinajstić information content (AvgIpc) is 2.92. The number of nitrogens with one attached hydrogen (secondary N) is 2. The van der Waals surface area contributed by atoms with Crippen molar-refractivity contribution in [2.24, 2.45) is 0 Å². The highest BCUT2D eigenvalue weighted by Gasteiger charge is 2.49. The topological polar surface area (TPSA) is 101 Å². The molecule has 1 aromatic heterocycles. The Morgan fingerprint density at radius 1 is 1.27 bits per heavy atom. The highest BCUT2D eigenvalue weighted by Crippen LogP contribution is 2.29. The Morgan fingerprint density at radius 2 is 1.93 bits per heavy atom. The van der Waals surface area contributed by atoms with Gasteiger partial charge in [-0.25, -0.2) is 9.18 Å². The number of carbonyl (C=O) groups excluding carboxylic acids is 3. The summed E-state index contributed by atoms with van der Waals surface area (Å²) in [6, 6.07) is 4.58. The molecule has 1 atom stereocenters. The zero-order chi connectivity index (χ0) is 22.1. The number of aromatic nitrogens is 1. The van der Waals surface area contributed by atoms with Crippen LogP contribution in [0.3, 0.4) is 0 Å². The van der Waals surface area contributed by atoms with Crippen LogP contribution in [0.5, 0.6) is 5.75 Å². The number of nitrogens with zero attached hydrogens (tertiary/aromatic N) is 2. The molecule has 158 valence electrons. The van der Waals surface area contributed by atoms with E-state index in [1.807, 2.05) is 13.8 Å². The van der Waals surface area contributed by atoms with Gasteiger partial charge in [0.25, 0.3) is 5.91 Å². The van der Waals surface area contributed by atoms with Crippen LogP contribution in [0.25, 0.3) is 0 Å². The number of imide groups is 1. The van der Waals surface area contributed by atoms with Crippen LogP contribution in [0.15, 0.2) is 30.5 Å². The van der Waals surface area contributed by atoms with E-state index in [1.165, 1.54) is 31.2 Å². The molecule has 1 aliphatic heterocycles. The molecule has 1 aromatic carbocycles. The van der Waals surface area contributed by atoms with Crippen LogP contribution in [0, 0.1) is 19.7 Å². The van der Waals surface area contributed by atoms with Gasteiger partial charge in [-0.05, 0) is 38.5 Å². The molecule has 0 spiro atoms. The van der Waals surface area contributed by atoms with E-state index in [0.717, 1.165) is 16.0 Å². The summed E-state index contributed by atoms with van der Waals surface area (Å²) in [4.78, 5) is 42.7. The highest BCUT2D eigenvalue weighted by molar-refractivity contribution is 6.09. The lowest BCUT2D eigenvalue weighted by Gasteiger charge is -2.22. The van der Waals surface area contributed by atoms with Crippen molar-refractivity contribution in [3.05, 3.63) is 58.7 Å². The molecule has 2 aromatic rings. The van der Waals surface area contributed by atoms with E-state index in [-0.39, 0.29) is 6.54 Å². The number of ether oxygens (including phenoxy) is 1. The quantitative estimate of drug-likeness (QED) is 0.704. The van der Waals surface area contributed by atoms with Crippen LogP contribution in [0.2, 0.25) is 0 Å². The number of methoxy groups -OCH3 is 1. The fraction of sp³-hybridized carbons (Fsp3) is 0.333. The molecule has 1 saturated heterocycles. The van der Waals surface area contributed by atoms with E-state index >= 15 is 0 Å². The van der Waals surface area contributed by atoms with Crippen molar-refractivity contribution >= 4 is 17.8 Å². The number of benzene rings is 1. The Kier molecular flexibility index (Phi) is 5.73. The maximum atomic E-state index is 13.2. The first-order chi connectivity index (χ1) is 14.2. The minimum atomic E-state index is -1.37. The standard InChI is InChI=1S/C21H23FN4O4/c1-12-9-23-16(13(2)18(12)30-4)10-24-17(27)11-26-19(28)21(3,25-20(26)29)14-5-7-15(22)8-6-14/h5-9H,10-11H2,1-4H3,(H,24,27)(H,25,29). The van der Waals surface area contributed by atoms with Gasteiger partial charge in [-0.3, -0.25) is 19.5 Å². The van der Waals surface area contributed by atoms with Crippen LogP contribution in [0.1, 0.15) is 29.3 Å². The summed E-state index contributed by atoms with van der Waals surface area (Å²) in [5, 5.41) is 5.25. The Bertz CT molecular complexity index is 1010. The minimum Gasteiger partial charge on any atom is -0.496 e. The molecule has 9 heteroatoms. The number of hydrogen-bond donors (Lipinski definition) is 2. The fourth-order valence-corrected chi connectivity index (χ4v) is 3.45. The normalized spacial score (nSPS) is 18.4. The Labute approximate surface area is 173 Å². The van der Waals surface area contributed by atoms with Crippen LogP contribution in [0.4, 0.5) is 9.18 Å². The van der Waals surface area contributed by atoms with Crippen molar-refractivity contribution in [1.82, 2.24) is 20.5 Å². The summed E-state index contributed by atoms with van der Waals surface area (Å²) in [6.07, 6.45) is 1.65. The van der Waals surface area contributed by atoms with E-state index < -0.39 is 35.7 Å². The summed E-state index contributed by atoms with van der Waals surface area (Å²) in [5.41, 5.74) is 1.37. The van der Waals surface area contributed by atoms with E-state index in [1.54, 1.807) is 13.3 Å². The van der Waals surface area contributed by atoms with Gasteiger partial charge in [0.1, 0.15) is 23.7 Å². The number of pyridine rings is 1. The molecule has 1 unspecified atom stereocenters. The van der Waals surface area contributed by atoms with Gasteiger partial charge < -0.3 is 15.4 Å². The van der Waals surface area contributed by atoms with Crippen molar-refractivity contribution < 1.29 is 23.5 Å². The lowest BCUT2D eigenvalue weighted by Crippen LogP contribution is -2.43. The molecule has 0 saturated carbocycles. The largest absolute Gasteiger partial charge is 0.496 e. The van der Waals surface area contributed by atoms with Crippen LogP contribution >= 0.6 is 0 Å². The number of rotatable bonds is 6. The lowest BCUT2D eigenvalue weighted by molar-refractivity contribution is -0.134. The third-order valence-electron chi connectivity index (χ3n) is 5.20. The summed E-state index contributed by atoms with van der Waals surface area (Å²) >= 11 is 0. The van der Waals surface area contributed by atoms with Crippen molar-refractivity contribution in [3.63, 3.8) is 0 Å². The molecular weight excluding hydrogens is 391 g/mol. The first-order valence-electron chi connectivity index (χ1n) is 9.33. The second-order valence-corrected chi connectivity index (χ2v) is 7.28. The Morgan fingerprint density at radius 3 is 2.57 bits per heavy atom. The van der Waals surface area contributed by atoms with Crippen molar-refractivity contribution in [2.75, 3.05) is 13.7 Å². The number of urea groups is 1. The van der Waals surface area contributed by atoms with Gasteiger partial charge in [0.2, 0.25) is 5.91 Å². The number of hydrogen-bond acceptors (Lipinski definition) is 5. The lowest BCUT2D eigenvalue weighted by atomic mass is 9.92.